The zero-order valence-electron chi connectivity index (χ0n) is 16.1. The van der Waals surface area contributed by atoms with Crippen molar-refractivity contribution in [1.82, 2.24) is 4.98 Å². The average Bonchev–Trinajstić information content (AvgIpc) is 2.64. The highest BCUT2D eigenvalue weighted by Gasteiger charge is 2.15. The average molecular weight is 364 g/mol. The maximum atomic E-state index is 13.1. The van der Waals surface area contributed by atoms with E-state index in [0.29, 0.717) is 36.0 Å². The number of aromatic nitrogens is 1. The molecule has 0 fully saturated rings. The van der Waals surface area contributed by atoms with E-state index in [4.69, 9.17) is 9.47 Å². The van der Waals surface area contributed by atoms with E-state index in [2.05, 4.69) is 10.3 Å². The van der Waals surface area contributed by atoms with Crippen molar-refractivity contribution in [1.29, 1.82) is 0 Å². The lowest BCUT2D eigenvalue weighted by atomic mass is 10.0. The monoisotopic (exact) mass is 364 g/mol. The van der Waals surface area contributed by atoms with Gasteiger partial charge in [-0.2, -0.15) is 0 Å². The zero-order chi connectivity index (χ0) is 19.4. The molecule has 0 aliphatic rings. The first kappa shape index (κ1) is 18.7. The number of benzene rings is 2. The highest BCUT2D eigenvalue weighted by Crippen LogP contribution is 2.30. The molecular weight excluding hydrogens is 340 g/mol. The summed E-state index contributed by atoms with van der Waals surface area (Å²) in [4.78, 5) is 17.6. The molecule has 1 amide bonds. The smallest absolute Gasteiger partial charge is 0.256 e. The van der Waals surface area contributed by atoms with Gasteiger partial charge in [-0.05, 0) is 58.0 Å². The lowest BCUT2D eigenvalue weighted by Crippen LogP contribution is -2.14. The van der Waals surface area contributed by atoms with Crippen LogP contribution in [0, 0.1) is 13.8 Å². The summed E-state index contributed by atoms with van der Waals surface area (Å²) in [6.07, 6.45) is 0. The molecule has 1 N–H and O–H groups in total. The van der Waals surface area contributed by atoms with Crippen LogP contribution < -0.4 is 14.8 Å². The number of ether oxygens (including phenoxy) is 2. The van der Waals surface area contributed by atoms with Crippen molar-refractivity contribution in [2.75, 3.05) is 18.5 Å². The van der Waals surface area contributed by atoms with Crippen LogP contribution in [0.3, 0.4) is 0 Å². The van der Waals surface area contributed by atoms with Gasteiger partial charge in [-0.15, -0.1) is 0 Å². The van der Waals surface area contributed by atoms with Crippen LogP contribution in [0.15, 0.2) is 42.5 Å². The summed E-state index contributed by atoms with van der Waals surface area (Å²) >= 11 is 0. The third kappa shape index (κ3) is 4.19. The molecular formula is C22H24N2O3. The number of amides is 1. The van der Waals surface area contributed by atoms with E-state index >= 15 is 0 Å². The number of nitrogens with zero attached hydrogens (tertiary/aromatic N) is 1. The van der Waals surface area contributed by atoms with Crippen LogP contribution >= 0.6 is 0 Å². The van der Waals surface area contributed by atoms with Crippen LogP contribution in [0.2, 0.25) is 0 Å². The molecule has 5 nitrogen and oxygen atoms in total. The second kappa shape index (κ2) is 8.08. The van der Waals surface area contributed by atoms with Crippen molar-refractivity contribution in [3.8, 4) is 11.5 Å². The maximum absolute atomic E-state index is 13.1. The first-order valence-corrected chi connectivity index (χ1v) is 9.10. The zero-order valence-corrected chi connectivity index (χ0v) is 16.1. The summed E-state index contributed by atoms with van der Waals surface area (Å²) in [7, 11) is 0. The minimum atomic E-state index is -0.203. The summed E-state index contributed by atoms with van der Waals surface area (Å²) in [5, 5.41) is 3.81. The molecule has 140 valence electrons. The Hall–Kier alpha value is -3.08. The predicted octanol–water partition coefficient (Wildman–Crippen LogP) is 4.90. The van der Waals surface area contributed by atoms with Crippen molar-refractivity contribution < 1.29 is 14.3 Å². The Morgan fingerprint density at radius 3 is 2.52 bits per heavy atom. The molecule has 0 spiro atoms. The number of nitrogens with one attached hydrogen (secondary N) is 1. The van der Waals surface area contributed by atoms with Gasteiger partial charge in [0.1, 0.15) is 11.5 Å². The third-order valence-electron chi connectivity index (χ3n) is 4.15. The first-order chi connectivity index (χ1) is 13.0. The minimum Gasteiger partial charge on any atom is -0.494 e. The van der Waals surface area contributed by atoms with Gasteiger partial charge in [0.25, 0.3) is 5.91 Å². The Bertz CT molecular complexity index is 983. The molecule has 0 saturated heterocycles. The normalized spacial score (nSPS) is 10.7. The number of carbonyl (C=O) groups is 1. The first-order valence-electron chi connectivity index (χ1n) is 9.10. The molecule has 0 saturated carbocycles. The summed E-state index contributed by atoms with van der Waals surface area (Å²) in [5.41, 5.74) is 3.85. The van der Waals surface area contributed by atoms with Crippen molar-refractivity contribution in [3.05, 3.63) is 59.3 Å². The van der Waals surface area contributed by atoms with Gasteiger partial charge in [0.2, 0.25) is 0 Å². The van der Waals surface area contributed by atoms with Crippen molar-refractivity contribution >= 4 is 22.5 Å². The molecule has 3 rings (SSSR count). The van der Waals surface area contributed by atoms with E-state index in [1.807, 2.05) is 64.1 Å². The Balaban J connectivity index is 2.01. The van der Waals surface area contributed by atoms with Gasteiger partial charge in [-0.3, -0.25) is 9.78 Å². The number of carbonyl (C=O) groups excluding carboxylic acids is 1. The molecule has 3 aromatic rings. The fraction of sp³-hybridized carbons (Fsp3) is 0.273. The van der Waals surface area contributed by atoms with Crippen LogP contribution in [0.1, 0.15) is 35.5 Å². The number of anilines is 1. The molecule has 0 aliphatic heterocycles. The van der Waals surface area contributed by atoms with E-state index in [1.165, 1.54) is 0 Å². The van der Waals surface area contributed by atoms with Crippen LogP contribution in [0.25, 0.3) is 10.9 Å². The number of hydrogen-bond acceptors (Lipinski definition) is 4. The van der Waals surface area contributed by atoms with E-state index in [9.17, 15) is 4.79 Å². The number of pyridine rings is 1. The summed E-state index contributed by atoms with van der Waals surface area (Å²) in [5.74, 6) is 1.09. The van der Waals surface area contributed by atoms with Crippen LogP contribution in [-0.2, 0) is 0 Å². The van der Waals surface area contributed by atoms with Gasteiger partial charge in [0.15, 0.2) is 0 Å². The van der Waals surface area contributed by atoms with Gasteiger partial charge in [0.05, 0.1) is 30.0 Å². The molecule has 1 heterocycles. The Kier molecular flexibility index (Phi) is 5.60. The highest BCUT2D eigenvalue weighted by atomic mass is 16.5. The van der Waals surface area contributed by atoms with Gasteiger partial charge in [0, 0.05) is 17.1 Å². The maximum Gasteiger partial charge on any atom is 0.256 e. The molecule has 27 heavy (non-hydrogen) atoms. The number of rotatable bonds is 6. The molecule has 1 aromatic heterocycles. The summed E-state index contributed by atoms with van der Waals surface area (Å²) in [6, 6.07) is 13.2. The molecule has 0 unspecified atom stereocenters. The van der Waals surface area contributed by atoms with Crippen LogP contribution in [0.5, 0.6) is 11.5 Å². The van der Waals surface area contributed by atoms with Crippen molar-refractivity contribution in [3.63, 3.8) is 0 Å². The molecule has 0 bridgehead atoms. The van der Waals surface area contributed by atoms with E-state index in [1.54, 1.807) is 6.07 Å². The summed E-state index contributed by atoms with van der Waals surface area (Å²) in [6.45, 7) is 8.77. The largest absolute Gasteiger partial charge is 0.494 e. The van der Waals surface area contributed by atoms with Gasteiger partial charge in [-0.25, -0.2) is 0 Å². The minimum absolute atomic E-state index is 0.203. The number of hydrogen-bond donors (Lipinski definition) is 1. The molecule has 5 heteroatoms. The van der Waals surface area contributed by atoms with E-state index in [-0.39, 0.29) is 5.91 Å². The SMILES string of the molecule is CCOc1ccc(OCC)c(NC(=O)c2cc(C)nc3ccc(C)cc23)c1. The van der Waals surface area contributed by atoms with Gasteiger partial charge in [-0.1, -0.05) is 11.6 Å². The van der Waals surface area contributed by atoms with Crippen LogP contribution in [-0.4, -0.2) is 24.1 Å². The Morgan fingerprint density at radius 2 is 1.78 bits per heavy atom. The molecule has 0 radical (unpaired) electrons. The lowest BCUT2D eigenvalue weighted by Gasteiger charge is -2.14. The fourth-order valence-corrected chi connectivity index (χ4v) is 2.99. The molecule has 0 aliphatic carbocycles. The topological polar surface area (TPSA) is 60.5 Å². The molecule has 0 atom stereocenters. The van der Waals surface area contributed by atoms with E-state index in [0.717, 1.165) is 22.2 Å². The standard InChI is InChI=1S/C22H24N2O3/c1-5-26-16-8-10-21(27-6-2)20(13-16)24-22(25)18-12-15(4)23-19-9-7-14(3)11-17(18)19/h7-13H,5-6H2,1-4H3,(H,24,25). The summed E-state index contributed by atoms with van der Waals surface area (Å²) < 4.78 is 11.2. The third-order valence-corrected chi connectivity index (χ3v) is 4.15. The van der Waals surface area contributed by atoms with Crippen molar-refractivity contribution in [2.24, 2.45) is 0 Å². The lowest BCUT2D eigenvalue weighted by molar-refractivity contribution is 0.102. The van der Waals surface area contributed by atoms with Gasteiger partial charge < -0.3 is 14.8 Å². The van der Waals surface area contributed by atoms with Crippen molar-refractivity contribution in [2.45, 2.75) is 27.7 Å². The molecule has 2 aromatic carbocycles. The second-order valence-corrected chi connectivity index (χ2v) is 6.31. The Morgan fingerprint density at radius 1 is 1.00 bits per heavy atom. The number of aryl methyl sites for hydroxylation is 2. The second-order valence-electron chi connectivity index (χ2n) is 6.31. The van der Waals surface area contributed by atoms with Crippen LogP contribution in [0.4, 0.5) is 5.69 Å². The predicted molar refractivity (Wildman–Crippen MR) is 108 cm³/mol. The van der Waals surface area contributed by atoms with Gasteiger partial charge >= 0.3 is 0 Å². The quantitative estimate of drug-likeness (QED) is 0.676. The van der Waals surface area contributed by atoms with E-state index < -0.39 is 0 Å². The fourth-order valence-electron chi connectivity index (χ4n) is 2.99. The Labute approximate surface area is 159 Å². The highest BCUT2D eigenvalue weighted by molar-refractivity contribution is 6.13. The number of fused-ring (bicyclic) bond motifs is 1.